The van der Waals surface area contributed by atoms with E-state index in [1.165, 1.54) is 15.6 Å². The number of alkyl halides is 1. The molecule has 1 heterocycles. The quantitative estimate of drug-likeness (QED) is 0.757. The Hall–Kier alpha value is -0.100. The van der Waals surface area contributed by atoms with Gasteiger partial charge in [-0.3, -0.25) is 0 Å². The van der Waals surface area contributed by atoms with Crippen LogP contribution in [0.5, 0.6) is 0 Å². The van der Waals surface area contributed by atoms with Crippen molar-refractivity contribution in [3.05, 3.63) is 17.0 Å². The molecule has 0 saturated heterocycles. The first-order chi connectivity index (χ1) is 7.87. The van der Waals surface area contributed by atoms with E-state index in [-0.39, 0.29) is 0 Å². The summed E-state index contributed by atoms with van der Waals surface area (Å²) >= 11 is 6.94. The molecule has 0 aliphatic carbocycles. The van der Waals surface area contributed by atoms with E-state index in [9.17, 15) is 8.42 Å². The van der Waals surface area contributed by atoms with Gasteiger partial charge in [-0.25, -0.2) is 8.42 Å². The predicted molar refractivity (Wildman–Crippen MR) is 73.4 cm³/mol. The summed E-state index contributed by atoms with van der Waals surface area (Å²) < 4.78 is 26.2. The molecule has 1 aromatic heterocycles. The zero-order valence-electron chi connectivity index (χ0n) is 10.3. The minimum atomic E-state index is -3.32. The fraction of sp³-hybridized carbons (Fsp3) is 0.636. The van der Waals surface area contributed by atoms with Crippen LogP contribution in [0.2, 0.25) is 0 Å². The Morgan fingerprint density at radius 2 is 2.06 bits per heavy atom. The van der Waals surface area contributed by atoms with E-state index < -0.39 is 10.0 Å². The van der Waals surface area contributed by atoms with Crippen molar-refractivity contribution in [3.8, 4) is 0 Å². The molecule has 0 fully saturated rings. The average molecular weight is 296 g/mol. The first-order valence-corrected chi connectivity index (χ1v) is 8.28. The summed E-state index contributed by atoms with van der Waals surface area (Å²) in [6, 6.07) is 3.50. The van der Waals surface area contributed by atoms with Crippen LogP contribution in [0.3, 0.4) is 0 Å². The van der Waals surface area contributed by atoms with Crippen molar-refractivity contribution >= 4 is 33.0 Å². The number of thiophene rings is 1. The minimum absolute atomic E-state index is 0.317. The van der Waals surface area contributed by atoms with Crippen molar-refractivity contribution in [2.75, 3.05) is 19.5 Å². The van der Waals surface area contributed by atoms with E-state index >= 15 is 0 Å². The van der Waals surface area contributed by atoms with Gasteiger partial charge in [0.25, 0.3) is 10.0 Å². The van der Waals surface area contributed by atoms with Gasteiger partial charge < -0.3 is 0 Å². The average Bonchev–Trinajstić information content (AvgIpc) is 2.66. The third-order valence-corrected chi connectivity index (χ3v) is 5.89. The molecule has 0 bridgehead atoms. The summed E-state index contributed by atoms with van der Waals surface area (Å²) in [5, 5.41) is 0. The number of nitrogens with zero attached hydrogens (tertiary/aromatic N) is 1. The molecule has 0 spiro atoms. The molecule has 3 nitrogen and oxygen atoms in total. The fourth-order valence-electron chi connectivity index (χ4n) is 1.49. The summed E-state index contributed by atoms with van der Waals surface area (Å²) in [4.78, 5) is 1.01. The van der Waals surface area contributed by atoms with Crippen LogP contribution in [-0.2, 0) is 16.4 Å². The van der Waals surface area contributed by atoms with Gasteiger partial charge in [0.1, 0.15) is 4.21 Å². The van der Waals surface area contributed by atoms with Crippen molar-refractivity contribution in [2.24, 2.45) is 5.92 Å². The van der Waals surface area contributed by atoms with Crippen molar-refractivity contribution < 1.29 is 8.42 Å². The smallest absolute Gasteiger partial charge is 0.206 e. The maximum atomic E-state index is 12.2. The topological polar surface area (TPSA) is 37.4 Å². The molecule has 1 aromatic rings. The van der Waals surface area contributed by atoms with E-state index in [2.05, 4.69) is 0 Å². The van der Waals surface area contributed by atoms with Gasteiger partial charge in [-0.2, -0.15) is 4.31 Å². The molecule has 0 unspecified atom stereocenters. The van der Waals surface area contributed by atoms with E-state index in [0.29, 0.717) is 22.6 Å². The second-order valence-electron chi connectivity index (χ2n) is 4.34. The van der Waals surface area contributed by atoms with Gasteiger partial charge in [-0.15, -0.1) is 22.9 Å². The maximum absolute atomic E-state index is 12.2. The Labute approximate surface area is 112 Å². The molecule has 98 valence electrons. The zero-order valence-corrected chi connectivity index (χ0v) is 12.7. The van der Waals surface area contributed by atoms with Crippen molar-refractivity contribution in [1.29, 1.82) is 0 Å². The second-order valence-corrected chi connectivity index (χ2v) is 8.16. The van der Waals surface area contributed by atoms with Gasteiger partial charge >= 0.3 is 0 Å². The highest BCUT2D eigenvalue weighted by atomic mass is 35.5. The normalized spacial score (nSPS) is 12.6. The van der Waals surface area contributed by atoms with Crippen molar-refractivity contribution in [3.63, 3.8) is 0 Å². The van der Waals surface area contributed by atoms with Gasteiger partial charge in [-0.05, 0) is 24.5 Å². The number of hydrogen-bond acceptors (Lipinski definition) is 3. The Morgan fingerprint density at radius 1 is 1.41 bits per heavy atom. The summed E-state index contributed by atoms with van der Waals surface area (Å²) in [7, 11) is -1.70. The molecule has 17 heavy (non-hydrogen) atoms. The molecule has 0 aromatic carbocycles. The third kappa shape index (κ3) is 3.95. The van der Waals surface area contributed by atoms with Crippen LogP contribution in [0, 0.1) is 5.92 Å². The van der Waals surface area contributed by atoms with E-state index in [4.69, 9.17) is 11.6 Å². The lowest BCUT2D eigenvalue weighted by atomic mass is 10.2. The van der Waals surface area contributed by atoms with Crippen LogP contribution in [0.1, 0.15) is 18.7 Å². The standard InChI is InChI=1S/C11H18ClNO2S2/c1-9(2)8-13(3)17(14,15)11-5-4-10(16-11)6-7-12/h4-5,9H,6-8H2,1-3H3. The summed E-state index contributed by atoms with van der Waals surface area (Å²) in [5.41, 5.74) is 0. The SMILES string of the molecule is CC(C)CN(C)S(=O)(=O)c1ccc(CCCl)s1. The summed E-state index contributed by atoms with van der Waals surface area (Å²) in [6.45, 7) is 4.53. The molecular formula is C11H18ClNO2S2. The number of aryl methyl sites for hydroxylation is 1. The first-order valence-electron chi connectivity index (χ1n) is 5.49. The van der Waals surface area contributed by atoms with E-state index in [0.717, 1.165) is 11.3 Å². The van der Waals surface area contributed by atoms with Crippen LogP contribution < -0.4 is 0 Å². The van der Waals surface area contributed by atoms with Crippen molar-refractivity contribution in [1.82, 2.24) is 4.31 Å². The number of halogens is 1. The lowest BCUT2D eigenvalue weighted by Crippen LogP contribution is -2.29. The summed E-state index contributed by atoms with van der Waals surface area (Å²) in [5.74, 6) is 0.832. The lowest BCUT2D eigenvalue weighted by molar-refractivity contribution is 0.418. The summed E-state index contributed by atoms with van der Waals surface area (Å²) in [6.07, 6.45) is 0.718. The van der Waals surface area contributed by atoms with E-state index in [1.54, 1.807) is 13.1 Å². The van der Waals surface area contributed by atoms with Crippen LogP contribution >= 0.6 is 22.9 Å². The Bertz CT molecular complexity index is 454. The van der Waals surface area contributed by atoms with Crippen LogP contribution in [0.4, 0.5) is 0 Å². The lowest BCUT2D eigenvalue weighted by Gasteiger charge is -2.17. The number of rotatable bonds is 6. The molecule has 6 heteroatoms. The maximum Gasteiger partial charge on any atom is 0.252 e. The molecule has 0 aliphatic rings. The fourth-order valence-corrected chi connectivity index (χ4v) is 4.71. The highest BCUT2D eigenvalue weighted by Crippen LogP contribution is 2.25. The van der Waals surface area contributed by atoms with Gasteiger partial charge in [-0.1, -0.05) is 13.8 Å². The highest BCUT2D eigenvalue weighted by Gasteiger charge is 2.23. The molecular weight excluding hydrogens is 278 g/mol. The number of hydrogen-bond donors (Lipinski definition) is 0. The van der Waals surface area contributed by atoms with Crippen LogP contribution in [0.15, 0.2) is 16.3 Å². The first kappa shape index (κ1) is 15.0. The van der Waals surface area contributed by atoms with Crippen LogP contribution in [-0.4, -0.2) is 32.2 Å². The molecule has 1 rings (SSSR count). The second kappa shape index (κ2) is 6.18. The largest absolute Gasteiger partial charge is 0.252 e. The predicted octanol–water partition coefficient (Wildman–Crippen LogP) is 2.81. The molecule has 0 aliphatic heterocycles. The Morgan fingerprint density at radius 3 is 2.59 bits per heavy atom. The highest BCUT2D eigenvalue weighted by molar-refractivity contribution is 7.91. The van der Waals surface area contributed by atoms with Crippen molar-refractivity contribution in [2.45, 2.75) is 24.5 Å². The molecule has 0 saturated carbocycles. The van der Waals surface area contributed by atoms with Gasteiger partial charge in [0, 0.05) is 24.3 Å². The third-order valence-electron chi connectivity index (χ3n) is 2.26. The van der Waals surface area contributed by atoms with Gasteiger partial charge in [0.2, 0.25) is 0 Å². The monoisotopic (exact) mass is 295 g/mol. The molecule has 0 N–H and O–H groups in total. The van der Waals surface area contributed by atoms with Gasteiger partial charge in [0.05, 0.1) is 0 Å². The van der Waals surface area contributed by atoms with E-state index in [1.807, 2.05) is 19.9 Å². The Kier molecular flexibility index (Phi) is 5.44. The Balaban J connectivity index is 2.88. The molecule has 0 atom stereocenters. The van der Waals surface area contributed by atoms with Crippen LogP contribution in [0.25, 0.3) is 0 Å². The molecule has 0 radical (unpaired) electrons. The zero-order chi connectivity index (χ0) is 13.1. The molecule has 0 amide bonds. The minimum Gasteiger partial charge on any atom is -0.206 e. The van der Waals surface area contributed by atoms with Gasteiger partial charge in [0.15, 0.2) is 0 Å². The number of sulfonamides is 1.